The molecule has 5 rings (SSSR count). The van der Waals surface area contributed by atoms with Gasteiger partial charge in [0.25, 0.3) is 0 Å². The minimum atomic E-state index is -1.79. The van der Waals surface area contributed by atoms with E-state index in [0.29, 0.717) is 5.92 Å². The molecule has 0 N–H and O–H groups in total. The van der Waals surface area contributed by atoms with Crippen molar-refractivity contribution >= 4 is 35.2 Å². The van der Waals surface area contributed by atoms with Gasteiger partial charge in [-0.3, -0.25) is 0 Å². The summed E-state index contributed by atoms with van der Waals surface area (Å²) in [6.45, 7) is 8.34. The van der Waals surface area contributed by atoms with Crippen molar-refractivity contribution in [1.82, 2.24) is 4.98 Å². The molecule has 1 aliphatic carbocycles. The fraction of sp³-hybridized carbons (Fsp3) is 0.344. The minimum Gasteiger partial charge on any atom is -0.0596 e. The standard InChI is InChI=1S/C32H37GeNO/c1-21(32(2,3)4)23-16-17-34-29(20-23)25-11-15-31-28(19-25)27-18-24(10-14-30(27)35-31)22-8-12-26(13-9-22)33(5,6)7/h8,10-22H,9H2,1-7H3/i21D. The van der Waals surface area contributed by atoms with Crippen LogP contribution in [0, 0.1) is 5.41 Å². The number of allylic oxidation sites excluding steroid dienone is 4. The van der Waals surface area contributed by atoms with Crippen LogP contribution >= 0.6 is 0 Å². The summed E-state index contributed by atoms with van der Waals surface area (Å²) in [6.07, 6.45) is 10.1. The van der Waals surface area contributed by atoms with Crippen molar-refractivity contribution in [2.75, 3.05) is 0 Å². The van der Waals surface area contributed by atoms with Crippen molar-refractivity contribution < 1.29 is 5.79 Å². The van der Waals surface area contributed by atoms with Crippen molar-refractivity contribution in [3.63, 3.8) is 0 Å². The monoisotopic (exact) mass is 526 g/mol. The van der Waals surface area contributed by atoms with Crippen molar-refractivity contribution in [3.05, 3.63) is 88.5 Å². The Balaban J connectivity index is 1.53. The molecule has 35 heavy (non-hydrogen) atoms. The first-order chi connectivity index (χ1) is 16.8. The van der Waals surface area contributed by atoms with E-state index in [-0.39, 0.29) is 5.41 Å². The molecule has 3 heteroatoms. The number of fused-ring (bicyclic) bond motifs is 3. The van der Waals surface area contributed by atoms with Gasteiger partial charge in [0.15, 0.2) is 0 Å². The minimum absolute atomic E-state index is 0.188. The third-order valence-electron chi connectivity index (χ3n) is 7.50. The molecule has 2 atom stereocenters. The molecule has 0 fully saturated rings. The van der Waals surface area contributed by atoms with E-state index in [4.69, 9.17) is 5.79 Å². The maximum atomic E-state index is 9.01. The molecule has 2 heterocycles. The van der Waals surface area contributed by atoms with E-state index < -0.39 is 19.2 Å². The molecule has 4 aromatic rings. The summed E-state index contributed by atoms with van der Waals surface area (Å²) in [7, 11) is 0. The van der Waals surface area contributed by atoms with E-state index in [1.807, 2.05) is 25.3 Å². The van der Waals surface area contributed by atoms with Gasteiger partial charge >= 0.3 is 156 Å². The zero-order valence-corrected chi connectivity index (χ0v) is 24.2. The van der Waals surface area contributed by atoms with Crippen LogP contribution in [0.1, 0.15) is 58.4 Å². The van der Waals surface area contributed by atoms with Crippen LogP contribution in [0.25, 0.3) is 33.2 Å². The van der Waals surface area contributed by atoms with Crippen LogP contribution in [0.5, 0.6) is 0 Å². The number of furan rings is 1. The normalized spacial score (nSPS) is 19.0. The summed E-state index contributed by atoms with van der Waals surface area (Å²) in [4.78, 5) is 4.67. The van der Waals surface area contributed by atoms with Gasteiger partial charge in [-0.05, 0) is 22.9 Å². The van der Waals surface area contributed by atoms with E-state index in [1.165, 1.54) is 5.56 Å². The average Bonchev–Trinajstić information content (AvgIpc) is 3.20. The SMILES string of the molecule is [2H]C(C)(c1ccnc(-c2ccc3oc4ccc(C5C=C[C]([Ge]([CH3])([CH3])[CH3])=CC5)cc4c3c2)c1)C(C)(C)C. The number of hydrogen-bond donors (Lipinski definition) is 0. The predicted molar refractivity (Wildman–Crippen MR) is 153 cm³/mol. The zero-order chi connectivity index (χ0) is 25.9. The quantitative estimate of drug-likeness (QED) is 0.248. The Hall–Kier alpha value is -2.59. The van der Waals surface area contributed by atoms with E-state index in [2.05, 4.69) is 97.7 Å². The molecule has 0 radical (unpaired) electrons. The molecule has 0 saturated carbocycles. The molecule has 2 aromatic carbocycles. The van der Waals surface area contributed by atoms with Crippen molar-refractivity contribution in [3.8, 4) is 11.3 Å². The van der Waals surface area contributed by atoms with E-state index in [0.717, 1.165) is 45.2 Å². The molecule has 0 saturated heterocycles. The number of aromatic nitrogens is 1. The number of nitrogens with zero attached hydrogens (tertiary/aromatic N) is 1. The average molecular weight is 525 g/mol. The molecular formula is C32H37GeNO. The van der Waals surface area contributed by atoms with E-state index >= 15 is 0 Å². The van der Waals surface area contributed by atoms with Crippen LogP contribution in [-0.2, 0) is 0 Å². The van der Waals surface area contributed by atoms with Gasteiger partial charge in [0.1, 0.15) is 0 Å². The fourth-order valence-electron chi connectivity index (χ4n) is 4.86. The molecule has 0 aliphatic heterocycles. The van der Waals surface area contributed by atoms with Crippen LogP contribution in [0.4, 0.5) is 0 Å². The topological polar surface area (TPSA) is 26.0 Å². The van der Waals surface area contributed by atoms with Gasteiger partial charge in [-0.25, -0.2) is 0 Å². The van der Waals surface area contributed by atoms with Gasteiger partial charge in [0, 0.05) is 7.57 Å². The van der Waals surface area contributed by atoms with Crippen molar-refractivity contribution in [2.45, 2.75) is 63.2 Å². The fourth-order valence-corrected chi connectivity index (χ4v) is 7.65. The molecule has 2 aromatic heterocycles. The summed E-state index contributed by atoms with van der Waals surface area (Å²) >= 11 is -1.79. The van der Waals surface area contributed by atoms with Gasteiger partial charge in [-0.2, -0.15) is 0 Å². The zero-order valence-electron chi connectivity index (χ0n) is 23.1. The Morgan fingerprint density at radius 1 is 1.00 bits per heavy atom. The maximum absolute atomic E-state index is 9.01. The summed E-state index contributed by atoms with van der Waals surface area (Å²) in [5.74, 6) is 7.05. The molecule has 0 spiro atoms. The molecule has 0 bridgehead atoms. The Morgan fingerprint density at radius 2 is 1.71 bits per heavy atom. The van der Waals surface area contributed by atoms with E-state index in [1.54, 1.807) is 4.41 Å². The van der Waals surface area contributed by atoms with Gasteiger partial charge in [0.2, 0.25) is 0 Å². The molecule has 1 aliphatic rings. The summed E-state index contributed by atoms with van der Waals surface area (Å²) in [5.41, 5.74) is 5.87. The third-order valence-corrected chi connectivity index (χ3v) is 11.9. The molecule has 0 amide bonds. The Bertz CT molecular complexity index is 1510. The van der Waals surface area contributed by atoms with Crippen LogP contribution in [0.15, 0.2) is 81.8 Å². The molecular weight excluding hydrogens is 487 g/mol. The molecule has 180 valence electrons. The number of benzene rings is 2. The first-order valence-corrected chi connectivity index (χ1v) is 20.0. The van der Waals surface area contributed by atoms with Crippen LogP contribution < -0.4 is 0 Å². The van der Waals surface area contributed by atoms with Crippen LogP contribution in [0.3, 0.4) is 0 Å². The summed E-state index contributed by atoms with van der Waals surface area (Å²) in [6, 6.07) is 17.0. The smallest absolute Gasteiger partial charge is 0.0596 e. The Kier molecular flexibility index (Phi) is 5.75. The second-order valence-corrected chi connectivity index (χ2v) is 22.6. The van der Waals surface area contributed by atoms with Gasteiger partial charge < -0.3 is 0 Å². The summed E-state index contributed by atoms with van der Waals surface area (Å²) < 4.78 is 16.8. The Labute approximate surface area is 213 Å². The first kappa shape index (κ1) is 22.9. The predicted octanol–water partition coefficient (Wildman–Crippen LogP) is 9.64. The van der Waals surface area contributed by atoms with Gasteiger partial charge in [0.05, 0.1) is 0 Å². The third kappa shape index (κ3) is 4.78. The Morgan fingerprint density at radius 3 is 2.37 bits per heavy atom. The second kappa shape index (κ2) is 8.81. The van der Waals surface area contributed by atoms with Crippen molar-refractivity contribution in [1.29, 1.82) is 0 Å². The molecule has 2 nitrogen and oxygen atoms in total. The summed E-state index contributed by atoms with van der Waals surface area (Å²) in [5, 5.41) is 2.26. The van der Waals surface area contributed by atoms with Gasteiger partial charge in [-0.15, -0.1) is 0 Å². The van der Waals surface area contributed by atoms with E-state index in [9.17, 15) is 0 Å². The van der Waals surface area contributed by atoms with Crippen LogP contribution in [0.2, 0.25) is 17.3 Å². The van der Waals surface area contributed by atoms with Crippen molar-refractivity contribution in [2.24, 2.45) is 5.41 Å². The van der Waals surface area contributed by atoms with Gasteiger partial charge in [-0.1, -0.05) is 27.7 Å². The first-order valence-electron chi connectivity index (χ1n) is 13.2. The van der Waals surface area contributed by atoms with Crippen LogP contribution in [-0.4, -0.2) is 18.3 Å². The number of pyridine rings is 1. The number of hydrogen-bond acceptors (Lipinski definition) is 2. The number of rotatable bonds is 4. The molecule has 2 unspecified atom stereocenters. The second-order valence-electron chi connectivity index (χ2n) is 12.0.